The van der Waals surface area contributed by atoms with Crippen LogP contribution in [0.1, 0.15) is 5.76 Å². The third kappa shape index (κ3) is 1.35. The van der Waals surface area contributed by atoms with Crippen molar-refractivity contribution in [3.05, 3.63) is 30.5 Å². The van der Waals surface area contributed by atoms with Crippen molar-refractivity contribution >= 4 is 12.6 Å². The van der Waals surface area contributed by atoms with Crippen LogP contribution in [-0.4, -0.2) is 14.8 Å². The van der Waals surface area contributed by atoms with Crippen LogP contribution in [0.15, 0.2) is 34.3 Å². The fourth-order valence-corrected chi connectivity index (χ4v) is 1.10. The van der Waals surface area contributed by atoms with Gasteiger partial charge in [0.15, 0.2) is 5.16 Å². The molecular weight excluding hydrogens is 174 g/mol. The van der Waals surface area contributed by atoms with Crippen LogP contribution in [-0.2, 0) is 6.54 Å². The first-order valence-corrected chi connectivity index (χ1v) is 3.90. The predicted molar refractivity (Wildman–Crippen MR) is 45.1 cm³/mol. The van der Waals surface area contributed by atoms with Gasteiger partial charge in [-0.05, 0) is 12.1 Å². The van der Waals surface area contributed by atoms with Crippen LogP contribution >= 0.6 is 12.6 Å². The van der Waals surface area contributed by atoms with Gasteiger partial charge in [0.05, 0.1) is 12.8 Å². The number of nitrogens with zero attached hydrogens (tertiary/aromatic N) is 3. The number of aromatic nitrogens is 3. The Morgan fingerprint density at radius 2 is 2.50 bits per heavy atom. The number of hydrogen-bond donors (Lipinski definition) is 1. The first-order chi connectivity index (χ1) is 5.86. The Labute approximate surface area is 74.6 Å². The Kier molecular flexibility index (Phi) is 1.87. The molecule has 0 aliphatic heterocycles. The van der Waals surface area contributed by atoms with Crippen LogP contribution in [0.5, 0.6) is 0 Å². The molecule has 0 aromatic carbocycles. The van der Waals surface area contributed by atoms with E-state index in [9.17, 15) is 0 Å². The first kappa shape index (κ1) is 7.42. The van der Waals surface area contributed by atoms with Gasteiger partial charge in [-0.3, -0.25) is 0 Å². The molecule has 0 aliphatic carbocycles. The highest BCUT2D eigenvalue weighted by Gasteiger charge is 2.01. The molecular formula is C7H7N3OS. The maximum absolute atomic E-state index is 5.15. The van der Waals surface area contributed by atoms with Crippen molar-refractivity contribution in [1.29, 1.82) is 0 Å². The van der Waals surface area contributed by atoms with E-state index in [4.69, 9.17) is 4.42 Å². The van der Waals surface area contributed by atoms with Crippen molar-refractivity contribution in [3.8, 4) is 0 Å². The van der Waals surface area contributed by atoms with E-state index in [-0.39, 0.29) is 0 Å². The van der Waals surface area contributed by atoms with Gasteiger partial charge in [0.2, 0.25) is 0 Å². The van der Waals surface area contributed by atoms with Crippen LogP contribution in [0.4, 0.5) is 0 Å². The molecule has 0 saturated carbocycles. The molecule has 5 heteroatoms. The van der Waals surface area contributed by atoms with E-state index in [1.54, 1.807) is 17.2 Å². The summed E-state index contributed by atoms with van der Waals surface area (Å²) in [5, 5.41) is 8.02. The zero-order chi connectivity index (χ0) is 8.39. The number of rotatable bonds is 2. The minimum Gasteiger partial charge on any atom is -0.467 e. The van der Waals surface area contributed by atoms with Crippen molar-refractivity contribution in [3.63, 3.8) is 0 Å². The SMILES string of the molecule is Sc1nncn1Cc1ccco1. The second-order valence-corrected chi connectivity index (χ2v) is 2.74. The summed E-state index contributed by atoms with van der Waals surface area (Å²) < 4.78 is 6.95. The highest BCUT2D eigenvalue weighted by molar-refractivity contribution is 7.80. The number of hydrogen-bond acceptors (Lipinski definition) is 4. The standard InChI is InChI=1S/C7H7N3OS/c12-7-9-8-5-10(7)4-6-2-1-3-11-6/h1-3,5H,4H2,(H,9,12). The molecule has 0 unspecified atom stereocenters. The molecule has 2 aromatic heterocycles. The van der Waals surface area contributed by atoms with E-state index >= 15 is 0 Å². The first-order valence-electron chi connectivity index (χ1n) is 3.45. The van der Waals surface area contributed by atoms with E-state index in [0.717, 1.165) is 5.76 Å². The van der Waals surface area contributed by atoms with Gasteiger partial charge in [-0.1, -0.05) is 0 Å². The lowest BCUT2D eigenvalue weighted by Gasteiger charge is -1.97. The third-order valence-electron chi connectivity index (χ3n) is 1.50. The van der Waals surface area contributed by atoms with E-state index in [1.165, 1.54) is 0 Å². The van der Waals surface area contributed by atoms with E-state index in [2.05, 4.69) is 22.8 Å². The lowest BCUT2D eigenvalue weighted by atomic mass is 10.4. The Morgan fingerprint density at radius 3 is 3.08 bits per heavy atom. The molecule has 0 radical (unpaired) electrons. The zero-order valence-electron chi connectivity index (χ0n) is 6.21. The second kappa shape index (κ2) is 3.02. The Balaban J connectivity index is 2.20. The van der Waals surface area contributed by atoms with Crippen LogP contribution < -0.4 is 0 Å². The summed E-state index contributed by atoms with van der Waals surface area (Å²) in [6.07, 6.45) is 3.25. The molecule has 62 valence electrons. The minimum absolute atomic E-state index is 0.589. The van der Waals surface area contributed by atoms with Gasteiger partial charge in [-0.25, -0.2) is 0 Å². The molecule has 12 heavy (non-hydrogen) atoms. The molecule has 2 heterocycles. The van der Waals surface area contributed by atoms with Crippen molar-refractivity contribution in [2.45, 2.75) is 11.7 Å². The normalized spacial score (nSPS) is 10.4. The van der Waals surface area contributed by atoms with Gasteiger partial charge in [0.1, 0.15) is 12.1 Å². The van der Waals surface area contributed by atoms with E-state index in [1.807, 2.05) is 12.1 Å². The number of thiol groups is 1. The smallest absolute Gasteiger partial charge is 0.188 e. The largest absolute Gasteiger partial charge is 0.467 e. The fraction of sp³-hybridized carbons (Fsp3) is 0.143. The van der Waals surface area contributed by atoms with Crippen LogP contribution in [0, 0.1) is 0 Å². The van der Waals surface area contributed by atoms with Crippen molar-refractivity contribution in [2.24, 2.45) is 0 Å². The minimum atomic E-state index is 0.589. The van der Waals surface area contributed by atoms with E-state index < -0.39 is 0 Å². The maximum Gasteiger partial charge on any atom is 0.188 e. The summed E-state index contributed by atoms with van der Waals surface area (Å²) in [7, 11) is 0. The van der Waals surface area contributed by atoms with E-state index in [0.29, 0.717) is 11.7 Å². The van der Waals surface area contributed by atoms with Crippen molar-refractivity contribution < 1.29 is 4.42 Å². The molecule has 0 amide bonds. The molecule has 0 atom stereocenters. The Hall–Kier alpha value is -1.23. The van der Waals surface area contributed by atoms with Gasteiger partial charge < -0.3 is 8.98 Å². The fourth-order valence-electron chi connectivity index (χ4n) is 0.931. The summed E-state index contributed by atoms with van der Waals surface area (Å²) in [6.45, 7) is 0.624. The Morgan fingerprint density at radius 1 is 1.58 bits per heavy atom. The molecule has 2 aromatic rings. The average Bonchev–Trinajstić information content (AvgIpc) is 2.65. The van der Waals surface area contributed by atoms with Crippen LogP contribution in [0.3, 0.4) is 0 Å². The van der Waals surface area contributed by atoms with Gasteiger partial charge in [0, 0.05) is 0 Å². The maximum atomic E-state index is 5.15. The molecule has 0 aliphatic rings. The topological polar surface area (TPSA) is 43.9 Å². The highest BCUT2D eigenvalue weighted by atomic mass is 32.1. The van der Waals surface area contributed by atoms with Gasteiger partial charge in [-0.2, -0.15) is 0 Å². The Bertz CT molecular complexity index is 354. The number of furan rings is 1. The van der Waals surface area contributed by atoms with Gasteiger partial charge >= 0.3 is 0 Å². The molecule has 2 rings (SSSR count). The summed E-state index contributed by atoms with van der Waals surface area (Å²) in [6, 6.07) is 3.74. The molecule has 0 fully saturated rings. The van der Waals surface area contributed by atoms with Crippen LogP contribution in [0.25, 0.3) is 0 Å². The molecule has 4 nitrogen and oxygen atoms in total. The van der Waals surface area contributed by atoms with Crippen molar-refractivity contribution in [2.75, 3.05) is 0 Å². The monoisotopic (exact) mass is 181 g/mol. The average molecular weight is 181 g/mol. The summed E-state index contributed by atoms with van der Waals surface area (Å²) in [5.41, 5.74) is 0. The second-order valence-electron chi connectivity index (χ2n) is 2.34. The van der Waals surface area contributed by atoms with Crippen LogP contribution in [0.2, 0.25) is 0 Å². The summed E-state index contributed by atoms with van der Waals surface area (Å²) in [4.78, 5) is 0. The summed E-state index contributed by atoms with van der Waals surface area (Å²) >= 11 is 4.11. The summed E-state index contributed by atoms with van der Waals surface area (Å²) in [5.74, 6) is 0.866. The molecule has 0 bridgehead atoms. The van der Waals surface area contributed by atoms with Gasteiger partial charge in [0.25, 0.3) is 0 Å². The van der Waals surface area contributed by atoms with Crippen molar-refractivity contribution in [1.82, 2.24) is 14.8 Å². The molecule has 0 saturated heterocycles. The highest BCUT2D eigenvalue weighted by Crippen LogP contribution is 2.06. The third-order valence-corrected chi connectivity index (χ3v) is 1.85. The lowest BCUT2D eigenvalue weighted by molar-refractivity contribution is 0.484. The van der Waals surface area contributed by atoms with Gasteiger partial charge in [-0.15, -0.1) is 22.8 Å². The quantitative estimate of drug-likeness (QED) is 0.708. The predicted octanol–water partition coefficient (Wildman–Crippen LogP) is 1.21. The zero-order valence-corrected chi connectivity index (χ0v) is 7.11. The lowest BCUT2D eigenvalue weighted by Crippen LogP contribution is -1.96. The molecule has 0 spiro atoms. The molecule has 0 N–H and O–H groups in total.